The monoisotopic (exact) mass is 300 g/mol. The Hall–Kier alpha value is -2.30. The first kappa shape index (κ1) is 14.6. The molecule has 2 aromatic rings. The lowest BCUT2D eigenvalue weighted by Gasteiger charge is -2.24. The maximum absolute atomic E-state index is 12.2. The van der Waals surface area contributed by atoms with Gasteiger partial charge in [-0.2, -0.15) is 0 Å². The highest BCUT2D eigenvalue weighted by Crippen LogP contribution is 2.29. The van der Waals surface area contributed by atoms with Crippen molar-refractivity contribution in [1.82, 2.24) is 9.88 Å². The number of aromatic nitrogens is 1. The third-order valence-electron chi connectivity index (χ3n) is 4.11. The molecule has 0 aliphatic carbocycles. The van der Waals surface area contributed by atoms with Gasteiger partial charge in [-0.3, -0.25) is 9.36 Å². The molecule has 0 spiro atoms. The smallest absolute Gasteiger partial charge is 0.408 e. The topological polar surface area (TPSA) is 64.2 Å². The zero-order chi connectivity index (χ0) is 16.1. The number of carbonyl (C=O) groups excluding carboxylic acids is 1. The van der Waals surface area contributed by atoms with E-state index in [9.17, 15) is 9.59 Å². The second kappa shape index (κ2) is 4.87. The molecule has 116 valence electrons. The number of nitrogens with zero attached hydrogens (tertiary/aromatic N) is 1. The first-order valence-corrected chi connectivity index (χ1v) is 7.41. The van der Waals surface area contributed by atoms with Crippen LogP contribution < -0.4 is 11.1 Å². The minimum atomic E-state index is -0.542. The maximum Gasteiger partial charge on any atom is 0.420 e. The van der Waals surface area contributed by atoms with Crippen LogP contribution in [0.15, 0.2) is 39.7 Å². The maximum atomic E-state index is 12.2. The van der Waals surface area contributed by atoms with Crippen LogP contribution in [-0.4, -0.2) is 10.5 Å². The van der Waals surface area contributed by atoms with E-state index in [1.165, 1.54) is 4.57 Å². The molecule has 1 amide bonds. The second-order valence-corrected chi connectivity index (χ2v) is 6.82. The van der Waals surface area contributed by atoms with E-state index in [4.69, 9.17) is 4.42 Å². The summed E-state index contributed by atoms with van der Waals surface area (Å²) in [6, 6.07) is 5.18. The van der Waals surface area contributed by atoms with Gasteiger partial charge in [0, 0.05) is 5.70 Å². The summed E-state index contributed by atoms with van der Waals surface area (Å²) < 4.78 is 6.82. The van der Waals surface area contributed by atoms with E-state index in [0.717, 1.165) is 5.56 Å². The van der Waals surface area contributed by atoms with E-state index in [1.54, 1.807) is 0 Å². The number of amides is 1. The molecule has 1 saturated heterocycles. The highest BCUT2D eigenvalue weighted by atomic mass is 16.4. The summed E-state index contributed by atoms with van der Waals surface area (Å²) in [7, 11) is 0. The Balaban J connectivity index is 2.11. The molecular weight excluding hydrogens is 280 g/mol. The molecular formula is C17H20N2O3. The molecule has 5 heteroatoms. The van der Waals surface area contributed by atoms with Crippen LogP contribution in [0.5, 0.6) is 0 Å². The summed E-state index contributed by atoms with van der Waals surface area (Å²) in [5.74, 6) is -0.699. The van der Waals surface area contributed by atoms with Gasteiger partial charge in [0.05, 0.1) is 5.52 Å². The molecule has 1 N–H and O–H groups in total. The molecule has 3 rings (SSSR count). The Morgan fingerprint density at radius 1 is 1.32 bits per heavy atom. The highest BCUT2D eigenvalue weighted by Gasteiger charge is 2.29. The average Bonchev–Trinajstić information content (AvgIpc) is 2.73. The number of rotatable bonds is 1. The molecule has 1 aliphatic rings. The van der Waals surface area contributed by atoms with Gasteiger partial charge >= 0.3 is 5.76 Å². The van der Waals surface area contributed by atoms with Crippen LogP contribution in [0.1, 0.15) is 45.2 Å². The highest BCUT2D eigenvalue weighted by molar-refractivity contribution is 5.85. The quantitative estimate of drug-likeness (QED) is 0.880. The first-order valence-electron chi connectivity index (χ1n) is 7.41. The molecule has 5 nitrogen and oxygen atoms in total. The molecule has 0 bridgehead atoms. The Morgan fingerprint density at radius 3 is 2.68 bits per heavy atom. The fourth-order valence-corrected chi connectivity index (χ4v) is 2.81. The number of hydrogen-bond acceptors (Lipinski definition) is 3. The number of benzene rings is 1. The molecule has 1 aromatic heterocycles. The van der Waals surface area contributed by atoms with Gasteiger partial charge in [0.1, 0.15) is 6.04 Å². The predicted octanol–water partition coefficient (Wildman–Crippen LogP) is 2.86. The van der Waals surface area contributed by atoms with Gasteiger partial charge in [-0.05, 0) is 36.0 Å². The van der Waals surface area contributed by atoms with Crippen LogP contribution in [0.3, 0.4) is 0 Å². The van der Waals surface area contributed by atoms with Gasteiger partial charge in [0.25, 0.3) is 0 Å². The van der Waals surface area contributed by atoms with Crippen LogP contribution in [0, 0.1) is 0 Å². The van der Waals surface area contributed by atoms with Crippen molar-refractivity contribution in [3.63, 3.8) is 0 Å². The molecule has 0 saturated carbocycles. The minimum Gasteiger partial charge on any atom is -0.408 e. The van der Waals surface area contributed by atoms with Crippen molar-refractivity contribution in [3.05, 3.63) is 46.6 Å². The van der Waals surface area contributed by atoms with Crippen LogP contribution in [0.4, 0.5) is 0 Å². The summed E-state index contributed by atoms with van der Waals surface area (Å²) >= 11 is 0. The lowest BCUT2D eigenvalue weighted by Crippen LogP contribution is -2.39. The zero-order valence-electron chi connectivity index (χ0n) is 13.1. The van der Waals surface area contributed by atoms with Gasteiger partial charge in [-0.15, -0.1) is 0 Å². The number of nitrogens with one attached hydrogen (secondary N) is 1. The van der Waals surface area contributed by atoms with Crippen molar-refractivity contribution in [2.24, 2.45) is 0 Å². The summed E-state index contributed by atoms with van der Waals surface area (Å²) in [4.78, 5) is 24.4. The van der Waals surface area contributed by atoms with Crippen molar-refractivity contribution in [2.75, 3.05) is 0 Å². The third-order valence-corrected chi connectivity index (χ3v) is 4.11. The number of oxazole rings is 1. The summed E-state index contributed by atoms with van der Waals surface area (Å²) in [5, 5.41) is 2.71. The fourth-order valence-electron chi connectivity index (χ4n) is 2.81. The summed E-state index contributed by atoms with van der Waals surface area (Å²) in [6.07, 6.45) is 1.22. The lowest BCUT2D eigenvalue weighted by atomic mass is 9.87. The number of hydrogen-bond donors (Lipinski definition) is 1. The molecule has 1 atom stereocenters. The van der Waals surface area contributed by atoms with Crippen molar-refractivity contribution < 1.29 is 9.21 Å². The van der Waals surface area contributed by atoms with Crippen molar-refractivity contribution in [3.8, 4) is 0 Å². The molecule has 1 aromatic carbocycles. The first-order chi connectivity index (χ1) is 10.3. The average molecular weight is 300 g/mol. The number of carbonyl (C=O) groups is 1. The van der Waals surface area contributed by atoms with E-state index in [1.807, 2.05) is 18.2 Å². The molecule has 1 unspecified atom stereocenters. The van der Waals surface area contributed by atoms with Crippen LogP contribution >= 0.6 is 0 Å². The predicted molar refractivity (Wildman–Crippen MR) is 84.7 cm³/mol. The van der Waals surface area contributed by atoms with Gasteiger partial charge in [-0.25, -0.2) is 4.79 Å². The van der Waals surface area contributed by atoms with E-state index >= 15 is 0 Å². The largest absolute Gasteiger partial charge is 0.420 e. The minimum absolute atomic E-state index is 0.0329. The van der Waals surface area contributed by atoms with Gasteiger partial charge < -0.3 is 9.73 Å². The summed E-state index contributed by atoms with van der Waals surface area (Å²) in [5.41, 5.74) is 2.93. The van der Waals surface area contributed by atoms with Crippen molar-refractivity contribution in [2.45, 2.75) is 45.1 Å². The lowest BCUT2D eigenvalue weighted by molar-refractivity contribution is -0.124. The van der Waals surface area contributed by atoms with Gasteiger partial charge in [-0.1, -0.05) is 33.4 Å². The van der Waals surface area contributed by atoms with E-state index in [-0.39, 0.29) is 11.3 Å². The molecule has 2 heterocycles. The Morgan fingerprint density at radius 2 is 2.05 bits per heavy atom. The van der Waals surface area contributed by atoms with E-state index in [0.29, 0.717) is 29.6 Å². The molecule has 0 radical (unpaired) electrons. The fraction of sp³-hybridized carbons (Fsp3) is 0.412. The van der Waals surface area contributed by atoms with E-state index in [2.05, 4.69) is 32.7 Å². The Labute approximate surface area is 128 Å². The second-order valence-electron chi connectivity index (χ2n) is 6.82. The Bertz CT molecular complexity index is 821. The standard InChI is InChI=1S/C17H20N2O3/c1-10-5-7-13(15(20)18-10)19-12-8-6-11(17(2,3)4)9-14(12)22-16(19)21/h6,8-9,13H,1,5,7H2,2-4H3,(H,18,20). The Kier molecular flexibility index (Phi) is 3.24. The van der Waals surface area contributed by atoms with Gasteiger partial charge in [0.15, 0.2) is 5.58 Å². The molecule has 1 fully saturated rings. The zero-order valence-corrected chi connectivity index (χ0v) is 13.1. The number of piperidine rings is 1. The molecule has 1 aliphatic heterocycles. The normalized spacial score (nSPS) is 19.5. The van der Waals surface area contributed by atoms with Crippen LogP contribution in [0.2, 0.25) is 0 Å². The number of allylic oxidation sites excluding steroid dienone is 1. The van der Waals surface area contributed by atoms with Crippen LogP contribution in [-0.2, 0) is 10.2 Å². The third kappa shape index (κ3) is 2.36. The van der Waals surface area contributed by atoms with Crippen molar-refractivity contribution >= 4 is 17.0 Å². The molecule has 22 heavy (non-hydrogen) atoms. The van der Waals surface area contributed by atoms with E-state index < -0.39 is 11.8 Å². The van der Waals surface area contributed by atoms with Gasteiger partial charge in [0.2, 0.25) is 5.91 Å². The number of fused-ring (bicyclic) bond motifs is 1. The summed E-state index contributed by atoms with van der Waals surface area (Å²) in [6.45, 7) is 10.1. The SMILES string of the molecule is C=C1CCC(n2c(=O)oc3cc(C(C)(C)C)ccc32)C(=O)N1. The van der Waals surface area contributed by atoms with Crippen molar-refractivity contribution in [1.29, 1.82) is 0 Å². The van der Waals surface area contributed by atoms with Crippen LogP contribution in [0.25, 0.3) is 11.1 Å².